The summed E-state index contributed by atoms with van der Waals surface area (Å²) < 4.78 is 2.00. The van der Waals surface area contributed by atoms with Crippen LogP contribution in [0.15, 0.2) is 60.1 Å². The predicted octanol–water partition coefficient (Wildman–Crippen LogP) is 3.58. The molecule has 1 aliphatic rings. The van der Waals surface area contributed by atoms with Gasteiger partial charge in [-0.2, -0.15) is 5.10 Å². The Balaban J connectivity index is 1.52. The lowest BCUT2D eigenvalue weighted by atomic mass is 9.74. The number of rotatable bonds is 5. The minimum Gasteiger partial charge on any atom is -0.348 e. The molecular formula is C21H23N5OS. The quantitative estimate of drug-likeness (QED) is 0.530. The molecule has 0 spiro atoms. The summed E-state index contributed by atoms with van der Waals surface area (Å²) in [6.45, 7) is 4.48. The van der Waals surface area contributed by atoms with Gasteiger partial charge in [0.05, 0.1) is 29.4 Å². The van der Waals surface area contributed by atoms with Crippen LogP contribution in [0.25, 0.3) is 5.69 Å². The zero-order chi connectivity index (χ0) is 19.6. The van der Waals surface area contributed by atoms with Crippen LogP contribution in [-0.4, -0.2) is 31.4 Å². The van der Waals surface area contributed by atoms with Crippen molar-refractivity contribution in [2.75, 3.05) is 5.75 Å². The molecule has 6 nitrogen and oxygen atoms in total. The number of carbonyl (C=O) groups is 1. The summed E-state index contributed by atoms with van der Waals surface area (Å²) in [5.41, 5.74) is 3.40. The van der Waals surface area contributed by atoms with Crippen LogP contribution in [-0.2, 0) is 11.2 Å². The molecule has 1 aliphatic carbocycles. The summed E-state index contributed by atoms with van der Waals surface area (Å²) in [6, 6.07) is 11.9. The largest absolute Gasteiger partial charge is 0.348 e. The van der Waals surface area contributed by atoms with E-state index in [9.17, 15) is 4.79 Å². The molecule has 0 fully saturated rings. The first-order chi connectivity index (χ1) is 13.5. The van der Waals surface area contributed by atoms with Crippen molar-refractivity contribution in [2.24, 2.45) is 5.41 Å². The normalized spacial score (nSPS) is 17.7. The van der Waals surface area contributed by atoms with Crippen molar-refractivity contribution in [3.8, 4) is 5.69 Å². The Morgan fingerprint density at radius 3 is 2.71 bits per heavy atom. The van der Waals surface area contributed by atoms with E-state index >= 15 is 0 Å². The molecule has 0 radical (unpaired) electrons. The highest BCUT2D eigenvalue weighted by molar-refractivity contribution is 7.99. The van der Waals surface area contributed by atoms with Gasteiger partial charge in [-0.25, -0.2) is 14.6 Å². The third kappa shape index (κ3) is 4.09. The first kappa shape index (κ1) is 18.7. The van der Waals surface area contributed by atoms with Crippen LogP contribution in [0.2, 0.25) is 0 Å². The smallest absolute Gasteiger partial charge is 0.230 e. The maximum atomic E-state index is 12.6. The fourth-order valence-corrected chi connectivity index (χ4v) is 4.30. The first-order valence-corrected chi connectivity index (χ1v) is 10.3. The van der Waals surface area contributed by atoms with Crippen molar-refractivity contribution in [3.63, 3.8) is 0 Å². The van der Waals surface area contributed by atoms with E-state index in [1.54, 1.807) is 18.5 Å². The van der Waals surface area contributed by atoms with Crippen LogP contribution in [0.1, 0.15) is 37.6 Å². The summed E-state index contributed by atoms with van der Waals surface area (Å²) in [7, 11) is 0. The van der Waals surface area contributed by atoms with Crippen LogP contribution in [0.4, 0.5) is 0 Å². The lowest BCUT2D eigenvalue weighted by molar-refractivity contribution is -0.119. The molecule has 0 saturated heterocycles. The second-order valence-electron chi connectivity index (χ2n) is 7.78. The third-order valence-electron chi connectivity index (χ3n) is 4.89. The third-order valence-corrected chi connectivity index (χ3v) is 5.77. The number of fused-ring (bicyclic) bond motifs is 1. The summed E-state index contributed by atoms with van der Waals surface area (Å²) in [5, 5.41) is 8.43. The molecule has 0 aliphatic heterocycles. The fraction of sp³-hybridized carbons (Fsp3) is 0.333. The van der Waals surface area contributed by atoms with Crippen LogP contribution >= 0.6 is 11.8 Å². The van der Waals surface area contributed by atoms with Crippen LogP contribution < -0.4 is 5.32 Å². The van der Waals surface area contributed by atoms with Gasteiger partial charge in [0.1, 0.15) is 0 Å². The monoisotopic (exact) mass is 393 g/mol. The average molecular weight is 394 g/mol. The number of hydrogen-bond donors (Lipinski definition) is 1. The van der Waals surface area contributed by atoms with Gasteiger partial charge < -0.3 is 5.32 Å². The predicted molar refractivity (Wildman–Crippen MR) is 109 cm³/mol. The Labute approximate surface area is 168 Å². The van der Waals surface area contributed by atoms with E-state index in [0.29, 0.717) is 10.9 Å². The average Bonchev–Trinajstić information content (AvgIpc) is 3.10. The number of para-hydroxylation sites is 1. The molecule has 4 rings (SSSR count). The topological polar surface area (TPSA) is 72.7 Å². The number of amides is 1. The lowest BCUT2D eigenvalue weighted by Crippen LogP contribution is -2.37. The van der Waals surface area contributed by atoms with Gasteiger partial charge in [-0.3, -0.25) is 4.79 Å². The molecule has 1 atom stereocenters. The van der Waals surface area contributed by atoms with Gasteiger partial charge >= 0.3 is 0 Å². The van der Waals surface area contributed by atoms with E-state index in [2.05, 4.69) is 46.4 Å². The number of nitrogens with zero attached hydrogens (tertiary/aromatic N) is 4. The van der Waals surface area contributed by atoms with Gasteiger partial charge in [-0.15, -0.1) is 0 Å². The highest BCUT2D eigenvalue weighted by Gasteiger charge is 2.36. The van der Waals surface area contributed by atoms with Gasteiger partial charge in [0.15, 0.2) is 5.16 Å². The Bertz CT molecular complexity index is 955. The van der Waals surface area contributed by atoms with Crippen molar-refractivity contribution in [2.45, 2.75) is 37.9 Å². The molecular weight excluding hydrogens is 370 g/mol. The molecule has 28 heavy (non-hydrogen) atoms. The molecule has 144 valence electrons. The Kier molecular flexibility index (Phi) is 5.17. The molecule has 0 unspecified atom stereocenters. The van der Waals surface area contributed by atoms with Crippen molar-refractivity contribution in [1.82, 2.24) is 25.1 Å². The molecule has 1 amide bonds. The van der Waals surface area contributed by atoms with Gasteiger partial charge in [-0.1, -0.05) is 43.8 Å². The number of nitrogens with one attached hydrogen (secondary N) is 1. The first-order valence-electron chi connectivity index (χ1n) is 9.33. The lowest BCUT2D eigenvalue weighted by Gasteiger charge is -2.36. The second kappa shape index (κ2) is 7.75. The van der Waals surface area contributed by atoms with Crippen LogP contribution in [0, 0.1) is 5.41 Å². The Hall–Kier alpha value is -2.67. The van der Waals surface area contributed by atoms with E-state index < -0.39 is 0 Å². The maximum absolute atomic E-state index is 12.6. The molecule has 0 saturated carbocycles. The molecule has 1 aromatic carbocycles. The van der Waals surface area contributed by atoms with E-state index in [1.807, 2.05) is 29.1 Å². The second-order valence-corrected chi connectivity index (χ2v) is 8.72. The molecule has 7 heteroatoms. The Morgan fingerprint density at radius 1 is 1.21 bits per heavy atom. The van der Waals surface area contributed by atoms with Gasteiger partial charge in [0.2, 0.25) is 5.91 Å². The molecule has 3 aromatic rings. The number of carbonyl (C=O) groups excluding carboxylic acids is 1. The summed E-state index contributed by atoms with van der Waals surface area (Å²) >= 11 is 1.35. The fourth-order valence-electron chi connectivity index (χ4n) is 3.69. The number of aromatic nitrogens is 4. The number of hydrogen-bond acceptors (Lipinski definition) is 5. The molecule has 2 aromatic heterocycles. The zero-order valence-corrected chi connectivity index (χ0v) is 16.8. The van der Waals surface area contributed by atoms with Crippen molar-refractivity contribution in [1.29, 1.82) is 0 Å². The molecule has 0 bridgehead atoms. The van der Waals surface area contributed by atoms with E-state index in [1.165, 1.54) is 17.5 Å². The molecule has 2 heterocycles. The summed E-state index contributed by atoms with van der Waals surface area (Å²) in [5.74, 6) is 0.280. The highest BCUT2D eigenvalue weighted by atomic mass is 32.2. The van der Waals surface area contributed by atoms with Gasteiger partial charge in [-0.05, 0) is 36.5 Å². The van der Waals surface area contributed by atoms with E-state index in [4.69, 9.17) is 0 Å². The minimum absolute atomic E-state index is 0.0152. The van der Waals surface area contributed by atoms with E-state index in [0.717, 1.165) is 24.1 Å². The van der Waals surface area contributed by atoms with Crippen molar-refractivity contribution in [3.05, 3.63) is 66.2 Å². The summed E-state index contributed by atoms with van der Waals surface area (Å²) in [6.07, 6.45) is 7.08. The highest BCUT2D eigenvalue weighted by Crippen LogP contribution is 2.41. The Morgan fingerprint density at radius 2 is 1.96 bits per heavy atom. The molecule has 1 N–H and O–H groups in total. The van der Waals surface area contributed by atoms with Crippen molar-refractivity contribution < 1.29 is 4.79 Å². The summed E-state index contributed by atoms with van der Waals surface area (Å²) in [4.78, 5) is 20.9. The van der Waals surface area contributed by atoms with Gasteiger partial charge in [0, 0.05) is 18.0 Å². The zero-order valence-electron chi connectivity index (χ0n) is 16.0. The van der Waals surface area contributed by atoms with Crippen LogP contribution in [0.5, 0.6) is 0 Å². The number of benzene rings is 1. The van der Waals surface area contributed by atoms with Gasteiger partial charge in [0.25, 0.3) is 0 Å². The van der Waals surface area contributed by atoms with Crippen molar-refractivity contribution >= 4 is 17.7 Å². The van der Waals surface area contributed by atoms with E-state index in [-0.39, 0.29) is 17.4 Å². The SMILES string of the molecule is CC1(C)Cc2c(cnn2-c2ccccc2)[C@@H](NC(=O)CSc2ncccn2)C1. The standard InChI is InChI=1S/C21H23N5OS/c1-21(2)11-17(25-19(27)14-28-20-22-9-6-10-23-20)16-13-24-26(18(16)12-21)15-7-4-3-5-8-15/h3-10,13,17H,11-12,14H2,1-2H3,(H,25,27)/t17-/m0/s1. The number of thioether (sulfide) groups is 1. The minimum atomic E-state index is -0.0407. The van der Waals surface area contributed by atoms with Crippen LogP contribution in [0.3, 0.4) is 0 Å². The maximum Gasteiger partial charge on any atom is 0.230 e.